The van der Waals surface area contributed by atoms with Crippen LogP contribution in [0.3, 0.4) is 0 Å². The second-order valence-corrected chi connectivity index (χ2v) is 6.66. The lowest BCUT2D eigenvalue weighted by Crippen LogP contribution is -2.32. The summed E-state index contributed by atoms with van der Waals surface area (Å²) in [5, 5.41) is 6.11. The van der Waals surface area contributed by atoms with Crippen LogP contribution in [-0.4, -0.2) is 16.9 Å². The fourth-order valence-electron chi connectivity index (χ4n) is 2.74. The number of hydrogen-bond donors (Lipinski definition) is 1. The molecule has 1 aromatic heterocycles. The van der Waals surface area contributed by atoms with E-state index in [0.29, 0.717) is 24.0 Å². The number of nitrogens with one attached hydrogen (secondary N) is 1. The van der Waals surface area contributed by atoms with Gasteiger partial charge in [0, 0.05) is 11.4 Å². The minimum Gasteiger partial charge on any atom is -0.486 e. The van der Waals surface area contributed by atoms with E-state index in [-0.39, 0.29) is 5.91 Å². The highest BCUT2D eigenvalue weighted by Crippen LogP contribution is 2.22. The highest BCUT2D eigenvalue weighted by atomic mass is 32.1. The quantitative estimate of drug-likeness (QED) is 0.915. The Hall–Kier alpha value is -1.88. The number of amides is 1. The first-order chi connectivity index (χ1) is 10.7. The molecule has 0 atom stereocenters. The van der Waals surface area contributed by atoms with Crippen molar-refractivity contribution in [2.75, 3.05) is 0 Å². The number of benzene rings is 1. The molecule has 4 nitrogen and oxygen atoms in total. The Bertz CT molecular complexity index is 648. The number of aromatic nitrogens is 1. The molecule has 0 spiro atoms. The van der Waals surface area contributed by atoms with E-state index in [4.69, 9.17) is 4.74 Å². The number of para-hydroxylation sites is 1. The van der Waals surface area contributed by atoms with E-state index in [9.17, 15) is 4.79 Å². The summed E-state index contributed by atoms with van der Waals surface area (Å²) in [6, 6.07) is 7.70. The lowest BCUT2D eigenvalue weighted by atomic mass is 10.1. The van der Waals surface area contributed by atoms with Gasteiger partial charge in [-0.1, -0.05) is 25.0 Å². The zero-order valence-electron chi connectivity index (χ0n) is 12.7. The number of ether oxygens (including phenoxy) is 1. The molecule has 1 fully saturated rings. The SMILES string of the molecule is Cc1nc(COc2ccccc2C(=O)NC2CCCC2)cs1. The zero-order chi connectivity index (χ0) is 15.4. The van der Waals surface area contributed by atoms with Crippen LogP contribution in [0.15, 0.2) is 29.6 Å². The van der Waals surface area contributed by atoms with Crippen LogP contribution >= 0.6 is 11.3 Å². The van der Waals surface area contributed by atoms with Gasteiger partial charge < -0.3 is 10.1 Å². The van der Waals surface area contributed by atoms with Gasteiger partial charge in [0.1, 0.15) is 12.4 Å². The highest BCUT2D eigenvalue weighted by Gasteiger charge is 2.20. The standard InChI is InChI=1S/C17H20N2O2S/c1-12-18-14(11-22-12)10-21-16-9-5-4-8-15(16)17(20)19-13-6-2-3-7-13/h4-5,8-9,11,13H,2-3,6-7,10H2,1H3,(H,19,20). The molecule has 2 aromatic rings. The number of aryl methyl sites for hydroxylation is 1. The van der Waals surface area contributed by atoms with E-state index >= 15 is 0 Å². The number of carbonyl (C=O) groups excluding carboxylic acids is 1. The Morgan fingerprint density at radius 2 is 2.14 bits per heavy atom. The number of hydrogen-bond acceptors (Lipinski definition) is 4. The topological polar surface area (TPSA) is 51.2 Å². The molecule has 0 aliphatic heterocycles. The predicted molar refractivity (Wildman–Crippen MR) is 87.3 cm³/mol. The van der Waals surface area contributed by atoms with Crippen molar-refractivity contribution >= 4 is 17.2 Å². The highest BCUT2D eigenvalue weighted by molar-refractivity contribution is 7.09. The van der Waals surface area contributed by atoms with Gasteiger partial charge in [-0.15, -0.1) is 11.3 Å². The normalized spacial score (nSPS) is 15.0. The molecule has 3 rings (SSSR count). The molecular formula is C17H20N2O2S. The fourth-order valence-corrected chi connectivity index (χ4v) is 3.34. The molecule has 1 amide bonds. The van der Waals surface area contributed by atoms with Crippen LogP contribution in [-0.2, 0) is 6.61 Å². The molecule has 1 aliphatic rings. The van der Waals surface area contributed by atoms with Gasteiger partial charge in [0.25, 0.3) is 5.91 Å². The van der Waals surface area contributed by atoms with Crippen LogP contribution in [0.25, 0.3) is 0 Å². The Balaban J connectivity index is 1.67. The fraction of sp³-hybridized carbons (Fsp3) is 0.412. The average molecular weight is 316 g/mol. The second kappa shape index (κ2) is 6.92. The van der Waals surface area contributed by atoms with Gasteiger partial charge in [-0.25, -0.2) is 4.98 Å². The zero-order valence-corrected chi connectivity index (χ0v) is 13.5. The maximum absolute atomic E-state index is 12.4. The van der Waals surface area contributed by atoms with E-state index in [1.807, 2.05) is 36.6 Å². The van der Waals surface area contributed by atoms with Gasteiger partial charge >= 0.3 is 0 Å². The molecule has 1 saturated carbocycles. The third kappa shape index (κ3) is 3.65. The number of carbonyl (C=O) groups is 1. The summed E-state index contributed by atoms with van der Waals surface area (Å²) in [4.78, 5) is 16.8. The minimum absolute atomic E-state index is 0.0445. The Morgan fingerprint density at radius 3 is 2.86 bits per heavy atom. The Morgan fingerprint density at radius 1 is 1.36 bits per heavy atom. The van der Waals surface area contributed by atoms with Crippen molar-refractivity contribution < 1.29 is 9.53 Å². The predicted octanol–water partition coefficient (Wildman–Crippen LogP) is 3.70. The van der Waals surface area contributed by atoms with Crippen LogP contribution in [0.5, 0.6) is 5.75 Å². The van der Waals surface area contributed by atoms with E-state index in [1.165, 1.54) is 12.8 Å². The molecule has 22 heavy (non-hydrogen) atoms. The van der Waals surface area contributed by atoms with E-state index in [1.54, 1.807) is 11.3 Å². The number of rotatable bonds is 5. The van der Waals surface area contributed by atoms with Crippen LogP contribution in [0.1, 0.15) is 46.7 Å². The smallest absolute Gasteiger partial charge is 0.255 e. The van der Waals surface area contributed by atoms with Crippen LogP contribution in [0, 0.1) is 6.92 Å². The monoisotopic (exact) mass is 316 g/mol. The largest absolute Gasteiger partial charge is 0.486 e. The van der Waals surface area contributed by atoms with Crippen molar-refractivity contribution in [1.82, 2.24) is 10.3 Å². The maximum atomic E-state index is 12.4. The van der Waals surface area contributed by atoms with E-state index in [0.717, 1.165) is 23.5 Å². The molecule has 5 heteroatoms. The molecular weight excluding hydrogens is 296 g/mol. The van der Waals surface area contributed by atoms with Crippen molar-refractivity contribution in [3.8, 4) is 5.75 Å². The molecule has 0 saturated heterocycles. The Kier molecular flexibility index (Phi) is 4.73. The first kappa shape index (κ1) is 15.0. The lowest BCUT2D eigenvalue weighted by molar-refractivity contribution is 0.0933. The molecule has 116 valence electrons. The van der Waals surface area contributed by atoms with E-state index < -0.39 is 0 Å². The van der Waals surface area contributed by atoms with Crippen molar-refractivity contribution in [3.63, 3.8) is 0 Å². The third-order valence-electron chi connectivity index (χ3n) is 3.86. The Labute approximate surface area is 134 Å². The molecule has 1 heterocycles. The summed E-state index contributed by atoms with van der Waals surface area (Å²) in [6.45, 7) is 2.36. The summed E-state index contributed by atoms with van der Waals surface area (Å²) in [7, 11) is 0. The van der Waals surface area contributed by atoms with Gasteiger partial charge in [-0.05, 0) is 31.9 Å². The maximum Gasteiger partial charge on any atom is 0.255 e. The van der Waals surface area contributed by atoms with E-state index in [2.05, 4.69) is 10.3 Å². The van der Waals surface area contributed by atoms with Gasteiger partial charge in [0.05, 0.1) is 16.3 Å². The van der Waals surface area contributed by atoms with Gasteiger partial charge in [0.15, 0.2) is 0 Å². The van der Waals surface area contributed by atoms with Gasteiger partial charge in [-0.2, -0.15) is 0 Å². The number of nitrogens with zero attached hydrogens (tertiary/aromatic N) is 1. The summed E-state index contributed by atoms with van der Waals surface area (Å²) in [5.74, 6) is 0.570. The first-order valence-corrected chi connectivity index (χ1v) is 8.54. The summed E-state index contributed by atoms with van der Waals surface area (Å²) >= 11 is 1.60. The van der Waals surface area contributed by atoms with Crippen molar-refractivity contribution in [3.05, 3.63) is 45.9 Å². The second-order valence-electron chi connectivity index (χ2n) is 5.60. The van der Waals surface area contributed by atoms with Gasteiger partial charge in [0.2, 0.25) is 0 Å². The first-order valence-electron chi connectivity index (χ1n) is 7.66. The third-order valence-corrected chi connectivity index (χ3v) is 4.69. The summed E-state index contributed by atoms with van der Waals surface area (Å²) in [6.07, 6.45) is 4.55. The average Bonchev–Trinajstić information content (AvgIpc) is 3.17. The summed E-state index contributed by atoms with van der Waals surface area (Å²) in [5.41, 5.74) is 1.50. The minimum atomic E-state index is -0.0445. The molecule has 0 radical (unpaired) electrons. The molecule has 1 aliphatic carbocycles. The van der Waals surface area contributed by atoms with Gasteiger partial charge in [-0.3, -0.25) is 4.79 Å². The van der Waals surface area contributed by atoms with Crippen molar-refractivity contribution in [2.24, 2.45) is 0 Å². The molecule has 0 bridgehead atoms. The van der Waals surface area contributed by atoms with Crippen LogP contribution in [0.4, 0.5) is 0 Å². The number of thiazole rings is 1. The van der Waals surface area contributed by atoms with Crippen molar-refractivity contribution in [1.29, 1.82) is 0 Å². The molecule has 1 aromatic carbocycles. The molecule has 1 N–H and O–H groups in total. The lowest BCUT2D eigenvalue weighted by Gasteiger charge is -2.14. The summed E-state index contributed by atoms with van der Waals surface area (Å²) < 4.78 is 5.81. The van der Waals surface area contributed by atoms with Crippen molar-refractivity contribution in [2.45, 2.75) is 45.3 Å². The van der Waals surface area contributed by atoms with Crippen LogP contribution < -0.4 is 10.1 Å². The van der Waals surface area contributed by atoms with Crippen LogP contribution in [0.2, 0.25) is 0 Å². The molecule has 0 unspecified atom stereocenters.